The summed E-state index contributed by atoms with van der Waals surface area (Å²) in [4.78, 5) is 0. The minimum Gasteiger partial charge on any atom is -0.456 e. The third-order valence-electron chi connectivity index (χ3n) is 7.68. The first-order valence-electron chi connectivity index (χ1n) is 13.4. The molecule has 3 heteroatoms. The summed E-state index contributed by atoms with van der Waals surface area (Å²) in [6.07, 6.45) is 8.98. The Hall–Kier alpha value is -5.02. The van der Waals surface area contributed by atoms with E-state index in [-0.39, 0.29) is 0 Å². The number of hydrogen-bond donors (Lipinski definition) is 1. The normalized spacial score (nSPS) is 13.5. The summed E-state index contributed by atoms with van der Waals surface area (Å²) >= 11 is 0. The molecule has 0 saturated heterocycles. The van der Waals surface area contributed by atoms with Crippen LogP contribution >= 0.6 is 0 Å². The van der Waals surface area contributed by atoms with Crippen LogP contribution in [0.5, 0.6) is 0 Å². The quantitative estimate of drug-likeness (QED) is 0.260. The first-order chi connectivity index (χ1) is 19.3. The Balaban J connectivity index is 1.23. The molecule has 2 heterocycles. The van der Waals surface area contributed by atoms with Crippen LogP contribution in [0.15, 0.2) is 130 Å². The van der Waals surface area contributed by atoms with Gasteiger partial charge in [0, 0.05) is 21.8 Å². The van der Waals surface area contributed by atoms with Gasteiger partial charge in [0.25, 0.3) is 0 Å². The molecule has 0 spiro atoms. The standard InChI is InChI=1S/C36H25NO2/c1-2-9-23(10-3-1)27-14-7-17-33-35(27)36-30(15-8-18-34(36)39-33)37-26-12-6-11-24(21-26)25-19-20-32-29(22-25)28-13-4-5-16-31(28)38-32/h2,4-22,37H,1,3H2. The minimum atomic E-state index is 0.885. The number of fused-ring (bicyclic) bond motifs is 6. The Labute approximate surface area is 225 Å². The summed E-state index contributed by atoms with van der Waals surface area (Å²) in [6, 6.07) is 35.8. The van der Waals surface area contributed by atoms with Crippen molar-refractivity contribution in [3.63, 3.8) is 0 Å². The molecule has 0 fully saturated rings. The van der Waals surface area contributed by atoms with Crippen molar-refractivity contribution >= 4 is 60.8 Å². The summed E-state index contributed by atoms with van der Waals surface area (Å²) in [6.45, 7) is 0. The maximum atomic E-state index is 6.32. The Bertz CT molecular complexity index is 2100. The third-order valence-corrected chi connectivity index (χ3v) is 7.68. The number of furan rings is 2. The lowest BCUT2D eigenvalue weighted by Crippen LogP contribution is -1.92. The van der Waals surface area contributed by atoms with Crippen LogP contribution in [-0.2, 0) is 0 Å². The molecule has 1 aliphatic carbocycles. The van der Waals surface area contributed by atoms with Gasteiger partial charge in [-0.05, 0) is 83.6 Å². The highest BCUT2D eigenvalue weighted by molar-refractivity contribution is 6.16. The van der Waals surface area contributed by atoms with E-state index in [1.54, 1.807) is 0 Å². The van der Waals surface area contributed by atoms with Crippen LogP contribution in [0.25, 0.3) is 60.6 Å². The smallest absolute Gasteiger partial charge is 0.137 e. The number of para-hydroxylation sites is 1. The lowest BCUT2D eigenvalue weighted by atomic mass is 9.95. The zero-order valence-corrected chi connectivity index (χ0v) is 21.3. The van der Waals surface area contributed by atoms with Crippen LogP contribution < -0.4 is 5.32 Å². The van der Waals surface area contributed by atoms with Gasteiger partial charge < -0.3 is 14.2 Å². The van der Waals surface area contributed by atoms with Crippen molar-refractivity contribution < 1.29 is 8.83 Å². The molecule has 39 heavy (non-hydrogen) atoms. The van der Waals surface area contributed by atoms with E-state index in [9.17, 15) is 0 Å². The molecule has 8 rings (SSSR count). The summed E-state index contributed by atoms with van der Waals surface area (Å²) in [5.74, 6) is 0. The molecule has 5 aromatic carbocycles. The van der Waals surface area contributed by atoms with Crippen molar-refractivity contribution in [3.8, 4) is 11.1 Å². The second-order valence-electron chi connectivity index (χ2n) is 10.1. The molecule has 0 atom stereocenters. The predicted octanol–water partition coefficient (Wildman–Crippen LogP) is 10.6. The Morgan fingerprint density at radius 1 is 0.564 bits per heavy atom. The lowest BCUT2D eigenvalue weighted by molar-refractivity contribution is 0.668. The molecule has 1 N–H and O–H groups in total. The largest absolute Gasteiger partial charge is 0.456 e. The third kappa shape index (κ3) is 3.66. The molecule has 0 amide bonds. The first kappa shape index (κ1) is 22.0. The molecule has 0 bridgehead atoms. The minimum absolute atomic E-state index is 0.885. The van der Waals surface area contributed by atoms with Crippen molar-refractivity contribution in [2.75, 3.05) is 5.32 Å². The van der Waals surface area contributed by atoms with Gasteiger partial charge in [-0.3, -0.25) is 0 Å². The van der Waals surface area contributed by atoms with Crippen molar-refractivity contribution in [1.82, 2.24) is 0 Å². The zero-order valence-electron chi connectivity index (χ0n) is 21.3. The van der Waals surface area contributed by atoms with Gasteiger partial charge in [-0.25, -0.2) is 0 Å². The van der Waals surface area contributed by atoms with Crippen LogP contribution in [0.3, 0.4) is 0 Å². The molecule has 3 nitrogen and oxygen atoms in total. The number of nitrogens with one attached hydrogen (secondary N) is 1. The molecular weight excluding hydrogens is 478 g/mol. The van der Waals surface area contributed by atoms with Gasteiger partial charge in [-0.2, -0.15) is 0 Å². The Kier molecular flexibility index (Phi) is 4.95. The van der Waals surface area contributed by atoms with Gasteiger partial charge in [0.2, 0.25) is 0 Å². The Morgan fingerprint density at radius 2 is 1.33 bits per heavy atom. The number of anilines is 2. The highest BCUT2D eigenvalue weighted by Gasteiger charge is 2.17. The van der Waals surface area contributed by atoms with Crippen LogP contribution in [0.1, 0.15) is 18.4 Å². The predicted molar refractivity (Wildman–Crippen MR) is 163 cm³/mol. The van der Waals surface area contributed by atoms with Crippen molar-refractivity contribution in [2.45, 2.75) is 12.8 Å². The highest BCUT2D eigenvalue weighted by atomic mass is 16.3. The van der Waals surface area contributed by atoms with Gasteiger partial charge in [-0.15, -0.1) is 0 Å². The van der Waals surface area contributed by atoms with E-state index in [4.69, 9.17) is 8.83 Å². The van der Waals surface area contributed by atoms with Crippen molar-refractivity contribution in [3.05, 3.63) is 127 Å². The van der Waals surface area contributed by atoms with Gasteiger partial charge in [0.1, 0.15) is 22.3 Å². The van der Waals surface area contributed by atoms with E-state index in [2.05, 4.69) is 108 Å². The number of allylic oxidation sites excluding steroid dienone is 4. The molecule has 2 aromatic heterocycles. The monoisotopic (exact) mass is 503 g/mol. The summed E-state index contributed by atoms with van der Waals surface area (Å²) in [5, 5.41) is 8.25. The molecule has 0 aliphatic heterocycles. The summed E-state index contributed by atoms with van der Waals surface area (Å²) < 4.78 is 12.4. The van der Waals surface area contributed by atoms with Crippen LogP contribution in [0, 0.1) is 0 Å². The van der Waals surface area contributed by atoms with E-state index in [1.807, 2.05) is 18.2 Å². The SMILES string of the molecule is C1=CC(c2cccc3oc4cccc(Nc5cccc(-c6ccc7oc8ccccc8c7c6)c5)c4c23)=CCC1. The lowest BCUT2D eigenvalue weighted by Gasteiger charge is -2.12. The number of hydrogen-bond acceptors (Lipinski definition) is 3. The van der Waals surface area contributed by atoms with Crippen molar-refractivity contribution in [1.29, 1.82) is 0 Å². The fourth-order valence-corrected chi connectivity index (χ4v) is 5.86. The zero-order chi connectivity index (χ0) is 25.8. The number of benzene rings is 5. The maximum Gasteiger partial charge on any atom is 0.137 e. The summed E-state index contributed by atoms with van der Waals surface area (Å²) in [5.41, 5.74) is 10.5. The molecule has 0 saturated carbocycles. The first-order valence-corrected chi connectivity index (χ1v) is 13.4. The van der Waals surface area contributed by atoms with Crippen LogP contribution in [0.4, 0.5) is 11.4 Å². The fraction of sp³-hybridized carbons (Fsp3) is 0.0556. The second-order valence-corrected chi connectivity index (χ2v) is 10.1. The topological polar surface area (TPSA) is 38.3 Å². The fourth-order valence-electron chi connectivity index (χ4n) is 5.86. The van der Waals surface area contributed by atoms with E-state index >= 15 is 0 Å². The van der Waals surface area contributed by atoms with Crippen LogP contribution in [-0.4, -0.2) is 0 Å². The molecule has 0 unspecified atom stereocenters. The van der Waals surface area contributed by atoms with Gasteiger partial charge in [0.15, 0.2) is 0 Å². The van der Waals surface area contributed by atoms with E-state index in [1.165, 1.54) is 11.1 Å². The van der Waals surface area contributed by atoms with Gasteiger partial charge in [0.05, 0.1) is 11.1 Å². The molecule has 1 aliphatic rings. The average molecular weight is 504 g/mol. The van der Waals surface area contributed by atoms with E-state index < -0.39 is 0 Å². The summed E-state index contributed by atoms with van der Waals surface area (Å²) in [7, 11) is 0. The van der Waals surface area contributed by atoms with E-state index in [0.29, 0.717) is 0 Å². The number of rotatable bonds is 4. The Morgan fingerprint density at radius 3 is 2.26 bits per heavy atom. The maximum absolute atomic E-state index is 6.32. The average Bonchev–Trinajstić information content (AvgIpc) is 3.56. The van der Waals surface area contributed by atoms with Gasteiger partial charge >= 0.3 is 0 Å². The van der Waals surface area contributed by atoms with E-state index in [0.717, 1.165) is 79.2 Å². The van der Waals surface area contributed by atoms with Crippen molar-refractivity contribution in [2.24, 2.45) is 0 Å². The molecule has 0 radical (unpaired) electrons. The molecule has 7 aromatic rings. The van der Waals surface area contributed by atoms with Gasteiger partial charge in [-0.1, -0.05) is 72.8 Å². The second kappa shape index (κ2) is 8.78. The highest BCUT2D eigenvalue weighted by Crippen LogP contribution is 2.41. The van der Waals surface area contributed by atoms with Crippen LogP contribution in [0.2, 0.25) is 0 Å². The molecular formula is C36H25NO2. The molecule has 186 valence electrons.